The van der Waals surface area contributed by atoms with E-state index in [9.17, 15) is 0 Å². The van der Waals surface area contributed by atoms with Gasteiger partial charge in [-0.05, 0) is 31.9 Å². The van der Waals surface area contributed by atoms with E-state index in [0.717, 1.165) is 64.1 Å². The number of nitrogens with one attached hydrogen (secondary N) is 2. The van der Waals surface area contributed by atoms with Crippen molar-refractivity contribution >= 4 is 5.96 Å². The predicted octanol–water partition coefficient (Wildman–Crippen LogP) is 2.41. The third-order valence-corrected chi connectivity index (χ3v) is 5.59. The van der Waals surface area contributed by atoms with E-state index in [4.69, 9.17) is 14.1 Å². The largest absolute Gasteiger partial charge is 0.469 e. The van der Waals surface area contributed by atoms with Gasteiger partial charge in [0, 0.05) is 38.1 Å². The second kappa shape index (κ2) is 9.97. The molecule has 3 rings (SSSR count). The van der Waals surface area contributed by atoms with E-state index in [1.807, 2.05) is 12.1 Å². The first-order valence-corrected chi connectivity index (χ1v) is 10.2. The summed E-state index contributed by atoms with van der Waals surface area (Å²) in [5.74, 6) is 1.92. The number of hydrogen-bond acceptors (Lipinski definition) is 4. The van der Waals surface area contributed by atoms with Crippen LogP contribution in [0, 0.1) is 0 Å². The lowest BCUT2D eigenvalue weighted by Crippen LogP contribution is -2.56. The zero-order chi connectivity index (χ0) is 18.1. The molecule has 1 aliphatic carbocycles. The van der Waals surface area contributed by atoms with E-state index in [2.05, 4.69) is 22.5 Å². The Kier molecular flexibility index (Phi) is 7.38. The second-order valence-corrected chi connectivity index (χ2v) is 7.34. The highest BCUT2D eigenvalue weighted by Gasteiger charge is 2.38. The Bertz CT molecular complexity index is 532. The average molecular weight is 363 g/mol. The van der Waals surface area contributed by atoms with Gasteiger partial charge in [-0.2, -0.15) is 0 Å². The maximum Gasteiger partial charge on any atom is 0.191 e. The molecule has 1 aromatic rings. The highest BCUT2D eigenvalue weighted by atomic mass is 16.5. The average Bonchev–Trinajstić information content (AvgIpc) is 3.21. The molecule has 2 fully saturated rings. The maximum atomic E-state index is 5.58. The van der Waals surface area contributed by atoms with Gasteiger partial charge in [0.15, 0.2) is 5.96 Å². The zero-order valence-corrected chi connectivity index (χ0v) is 16.1. The van der Waals surface area contributed by atoms with Crippen LogP contribution in [0.4, 0.5) is 0 Å². The molecule has 0 atom stereocenters. The van der Waals surface area contributed by atoms with Crippen LogP contribution in [0.5, 0.6) is 0 Å². The highest BCUT2D eigenvalue weighted by Crippen LogP contribution is 2.34. The maximum absolute atomic E-state index is 5.58. The molecule has 0 unspecified atom stereocenters. The Balaban J connectivity index is 1.60. The number of rotatable bonds is 7. The molecule has 0 radical (unpaired) electrons. The molecule has 146 valence electrons. The molecule has 1 aromatic heterocycles. The van der Waals surface area contributed by atoms with Crippen molar-refractivity contribution in [2.45, 2.75) is 51.0 Å². The molecule has 2 heterocycles. The van der Waals surface area contributed by atoms with Crippen LogP contribution in [0.3, 0.4) is 0 Å². The summed E-state index contributed by atoms with van der Waals surface area (Å²) in [7, 11) is 0. The van der Waals surface area contributed by atoms with Crippen molar-refractivity contribution in [2.75, 3.05) is 45.9 Å². The first-order chi connectivity index (χ1) is 12.8. The quantitative estimate of drug-likeness (QED) is 0.576. The zero-order valence-electron chi connectivity index (χ0n) is 16.1. The van der Waals surface area contributed by atoms with E-state index in [1.165, 1.54) is 32.1 Å². The molecular weight excluding hydrogens is 328 g/mol. The summed E-state index contributed by atoms with van der Waals surface area (Å²) < 4.78 is 11.0. The van der Waals surface area contributed by atoms with Crippen molar-refractivity contribution in [2.24, 2.45) is 4.99 Å². The van der Waals surface area contributed by atoms with Crippen molar-refractivity contribution in [3.63, 3.8) is 0 Å². The highest BCUT2D eigenvalue weighted by molar-refractivity contribution is 5.79. The number of ether oxygens (including phenoxy) is 1. The summed E-state index contributed by atoms with van der Waals surface area (Å²) in [6, 6.07) is 3.95. The summed E-state index contributed by atoms with van der Waals surface area (Å²) in [6.07, 6.45) is 9.09. The molecular formula is C20H34N4O2. The fourth-order valence-corrected chi connectivity index (χ4v) is 4.15. The van der Waals surface area contributed by atoms with Gasteiger partial charge in [-0.15, -0.1) is 0 Å². The monoisotopic (exact) mass is 362 g/mol. The predicted molar refractivity (Wildman–Crippen MR) is 105 cm³/mol. The van der Waals surface area contributed by atoms with E-state index in [1.54, 1.807) is 6.26 Å². The van der Waals surface area contributed by atoms with E-state index in [0.29, 0.717) is 0 Å². The van der Waals surface area contributed by atoms with Crippen molar-refractivity contribution in [3.8, 4) is 0 Å². The number of aliphatic imine (C=N–C) groups is 1. The van der Waals surface area contributed by atoms with Gasteiger partial charge in [-0.25, -0.2) is 0 Å². The van der Waals surface area contributed by atoms with Gasteiger partial charge in [-0.3, -0.25) is 9.89 Å². The Morgan fingerprint density at radius 1 is 1.19 bits per heavy atom. The molecule has 2 N–H and O–H groups in total. The molecule has 1 saturated heterocycles. The summed E-state index contributed by atoms with van der Waals surface area (Å²) in [6.45, 7) is 8.46. The molecule has 26 heavy (non-hydrogen) atoms. The first-order valence-electron chi connectivity index (χ1n) is 10.2. The molecule has 1 aliphatic heterocycles. The smallest absolute Gasteiger partial charge is 0.191 e. The van der Waals surface area contributed by atoms with E-state index < -0.39 is 0 Å². The van der Waals surface area contributed by atoms with Crippen molar-refractivity contribution in [1.82, 2.24) is 15.5 Å². The molecule has 6 heteroatoms. The number of morpholine rings is 1. The van der Waals surface area contributed by atoms with Crippen LogP contribution in [0.15, 0.2) is 27.8 Å². The van der Waals surface area contributed by atoms with Crippen molar-refractivity contribution < 1.29 is 9.15 Å². The van der Waals surface area contributed by atoms with Crippen LogP contribution in [-0.2, 0) is 11.2 Å². The minimum Gasteiger partial charge on any atom is -0.469 e. The molecule has 0 aromatic carbocycles. The standard InChI is InChI=1S/C20H34N4O2/c1-2-21-19(22-11-8-18-7-6-14-26-18)23-17-20(9-4-3-5-10-20)24-12-15-25-16-13-24/h6-7,14H,2-5,8-13,15-17H2,1H3,(H2,21,22,23). The third-order valence-electron chi connectivity index (χ3n) is 5.59. The third kappa shape index (κ3) is 5.24. The first kappa shape index (κ1) is 19.2. The van der Waals surface area contributed by atoms with Gasteiger partial charge >= 0.3 is 0 Å². The summed E-state index contributed by atoms with van der Waals surface area (Å²) in [5.41, 5.74) is 0.214. The van der Waals surface area contributed by atoms with Gasteiger partial charge in [-0.1, -0.05) is 19.3 Å². The van der Waals surface area contributed by atoms with Crippen LogP contribution in [0.2, 0.25) is 0 Å². The minimum absolute atomic E-state index is 0.214. The number of guanidine groups is 1. The Morgan fingerprint density at radius 3 is 2.69 bits per heavy atom. The minimum atomic E-state index is 0.214. The molecule has 0 amide bonds. The van der Waals surface area contributed by atoms with Crippen molar-refractivity contribution in [1.29, 1.82) is 0 Å². The van der Waals surface area contributed by atoms with Gasteiger partial charge in [0.05, 0.1) is 26.0 Å². The normalized spacial score (nSPS) is 21.5. The molecule has 2 aliphatic rings. The van der Waals surface area contributed by atoms with Crippen molar-refractivity contribution in [3.05, 3.63) is 24.2 Å². The van der Waals surface area contributed by atoms with Crippen LogP contribution in [0.1, 0.15) is 44.8 Å². The van der Waals surface area contributed by atoms with Crippen LogP contribution < -0.4 is 10.6 Å². The topological polar surface area (TPSA) is 62.0 Å². The van der Waals surface area contributed by atoms with Gasteiger partial charge in [0.2, 0.25) is 0 Å². The summed E-state index contributed by atoms with van der Waals surface area (Å²) in [5, 5.41) is 6.84. The second-order valence-electron chi connectivity index (χ2n) is 7.34. The lowest BCUT2D eigenvalue weighted by molar-refractivity contribution is -0.0333. The SMILES string of the molecule is CCNC(=NCC1(N2CCOCC2)CCCCC1)NCCc1ccco1. The molecule has 0 bridgehead atoms. The molecule has 1 saturated carbocycles. The van der Waals surface area contributed by atoms with Crippen LogP contribution in [-0.4, -0.2) is 62.3 Å². The number of hydrogen-bond donors (Lipinski definition) is 2. The van der Waals surface area contributed by atoms with Gasteiger partial charge in [0.25, 0.3) is 0 Å². The number of nitrogens with zero attached hydrogens (tertiary/aromatic N) is 2. The lowest BCUT2D eigenvalue weighted by atomic mass is 9.80. The molecule has 0 spiro atoms. The fourth-order valence-electron chi connectivity index (χ4n) is 4.15. The summed E-state index contributed by atoms with van der Waals surface area (Å²) in [4.78, 5) is 7.63. The Morgan fingerprint density at radius 2 is 2.00 bits per heavy atom. The summed E-state index contributed by atoms with van der Waals surface area (Å²) >= 11 is 0. The van der Waals surface area contributed by atoms with Gasteiger partial charge < -0.3 is 19.8 Å². The van der Waals surface area contributed by atoms with Crippen LogP contribution >= 0.6 is 0 Å². The fraction of sp³-hybridized carbons (Fsp3) is 0.750. The van der Waals surface area contributed by atoms with Crippen LogP contribution in [0.25, 0.3) is 0 Å². The van der Waals surface area contributed by atoms with Gasteiger partial charge in [0.1, 0.15) is 5.76 Å². The lowest BCUT2D eigenvalue weighted by Gasteiger charge is -2.47. The van der Waals surface area contributed by atoms with E-state index >= 15 is 0 Å². The number of furan rings is 1. The van der Waals surface area contributed by atoms with E-state index in [-0.39, 0.29) is 5.54 Å². The molecule has 6 nitrogen and oxygen atoms in total. The Hall–Kier alpha value is -1.53. The Labute approximate surface area is 157 Å².